The second-order valence-corrected chi connectivity index (χ2v) is 5.60. The molecule has 0 rings (SSSR count). The summed E-state index contributed by atoms with van der Waals surface area (Å²) in [5.41, 5.74) is 0. The maximum atomic E-state index is 11.3. The van der Waals surface area contributed by atoms with E-state index in [-0.39, 0.29) is 24.1 Å². The van der Waals surface area contributed by atoms with Crippen LogP contribution in [0.5, 0.6) is 0 Å². The van der Waals surface area contributed by atoms with Gasteiger partial charge in [-0.25, -0.2) is 0 Å². The average molecular weight is 302 g/mol. The van der Waals surface area contributed by atoms with Crippen LogP contribution in [0.15, 0.2) is 0 Å². The number of carbonyl (C=O) groups excluding carboxylic acids is 2. The molecule has 124 valence electrons. The van der Waals surface area contributed by atoms with Gasteiger partial charge >= 0.3 is 11.9 Å². The fraction of sp³-hybridized carbons (Fsp3) is 0.875. The Morgan fingerprint density at radius 1 is 0.714 bits per heavy atom. The predicted octanol–water partition coefficient (Wildman–Crippen LogP) is 3.25. The molecule has 5 heteroatoms. The van der Waals surface area contributed by atoms with Crippen LogP contribution in [0, 0.1) is 0 Å². The summed E-state index contributed by atoms with van der Waals surface area (Å²) in [6.45, 7) is 8.67. The minimum Gasteiger partial charge on any atom is -0.463 e. The lowest BCUT2D eigenvalue weighted by atomic mass is 10.2. The van der Waals surface area contributed by atoms with Gasteiger partial charge < -0.3 is 14.2 Å². The van der Waals surface area contributed by atoms with Gasteiger partial charge in [0.15, 0.2) is 0 Å². The van der Waals surface area contributed by atoms with Gasteiger partial charge in [-0.15, -0.1) is 0 Å². The van der Waals surface area contributed by atoms with E-state index in [0.717, 1.165) is 25.7 Å². The molecule has 0 aliphatic rings. The van der Waals surface area contributed by atoms with E-state index < -0.39 is 0 Å². The second-order valence-electron chi connectivity index (χ2n) is 5.60. The Bertz CT molecular complexity index is 258. The second kappa shape index (κ2) is 12.6. The zero-order valence-corrected chi connectivity index (χ0v) is 13.9. The van der Waals surface area contributed by atoms with Gasteiger partial charge in [-0.3, -0.25) is 9.59 Å². The van der Waals surface area contributed by atoms with Crippen molar-refractivity contribution in [3.05, 3.63) is 0 Å². The molecule has 0 heterocycles. The first kappa shape index (κ1) is 19.9. The summed E-state index contributed by atoms with van der Waals surface area (Å²) in [7, 11) is 0. The third-order valence-electron chi connectivity index (χ3n) is 2.57. The molecule has 0 saturated carbocycles. The standard InChI is InChI=1S/C16H30O5/c1-13(2)20-15(17)9-5-7-11-19-12-8-6-10-16(18)21-14(3)4/h13-14H,5-12H2,1-4H3. The van der Waals surface area contributed by atoms with Gasteiger partial charge in [-0.05, 0) is 53.4 Å². The molecule has 0 unspecified atom stereocenters. The van der Waals surface area contributed by atoms with E-state index in [1.54, 1.807) is 0 Å². The first-order valence-electron chi connectivity index (χ1n) is 7.88. The summed E-state index contributed by atoms with van der Waals surface area (Å²) in [4.78, 5) is 22.5. The van der Waals surface area contributed by atoms with Gasteiger partial charge in [0.2, 0.25) is 0 Å². The molecule has 0 aliphatic heterocycles. The van der Waals surface area contributed by atoms with Gasteiger partial charge in [-0.2, -0.15) is 0 Å². The summed E-state index contributed by atoms with van der Waals surface area (Å²) in [6, 6.07) is 0. The summed E-state index contributed by atoms with van der Waals surface area (Å²) >= 11 is 0. The molecule has 21 heavy (non-hydrogen) atoms. The van der Waals surface area contributed by atoms with Gasteiger partial charge in [0.1, 0.15) is 0 Å². The number of rotatable bonds is 12. The van der Waals surface area contributed by atoms with Gasteiger partial charge in [-0.1, -0.05) is 0 Å². The molecule has 0 atom stereocenters. The summed E-state index contributed by atoms with van der Waals surface area (Å²) < 4.78 is 15.5. The number of hydrogen-bond acceptors (Lipinski definition) is 5. The molecular formula is C16H30O5. The molecule has 0 N–H and O–H groups in total. The van der Waals surface area contributed by atoms with E-state index >= 15 is 0 Å². The third-order valence-corrected chi connectivity index (χ3v) is 2.57. The lowest BCUT2D eigenvalue weighted by Crippen LogP contribution is -2.11. The van der Waals surface area contributed by atoms with Crippen LogP contribution in [0.4, 0.5) is 0 Å². The van der Waals surface area contributed by atoms with Gasteiger partial charge in [0.25, 0.3) is 0 Å². The number of unbranched alkanes of at least 4 members (excludes halogenated alkanes) is 2. The minimum absolute atomic E-state index is 0.0452. The van der Waals surface area contributed by atoms with Crippen molar-refractivity contribution in [1.82, 2.24) is 0 Å². The van der Waals surface area contributed by atoms with Gasteiger partial charge in [0.05, 0.1) is 12.2 Å². The zero-order valence-electron chi connectivity index (χ0n) is 13.9. The van der Waals surface area contributed by atoms with Crippen molar-refractivity contribution >= 4 is 11.9 Å². The first-order valence-corrected chi connectivity index (χ1v) is 7.88. The number of ether oxygens (including phenoxy) is 3. The van der Waals surface area contributed by atoms with Crippen LogP contribution in [0.1, 0.15) is 66.2 Å². The summed E-state index contributed by atoms with van der Waals surface area (Å²) in [5, 5.41) is 0. The number of carbonyl (C=O) groups is 2. The highest BCUT2D eigenvalue weighted by molar-refractivity contribution is 5.69. The molecule has 0 bridgehead atoms. The lowest BCUT2D eigenvalue weighted by molar-refractivity contribution is -0.148. The molecule has 0 aromatic rings. The third kappa shape index (κ3) is 15.1. The Labute approximate surface area is 128 Å². The molecule has 5 nitrogen and oxygen atoms in total. The Morgan fingerprint density at radius 2 is 1.10 bits per heavy atom. The fourth-order valence-corrected chi connectivity index (χ4v) is 1.69. The Kier molecular flexibility index (Phi) is 12.0. The quantitative estimate of drug-likeness (QED) is 0.409. The van der Waals surface area contributed by atoms with Crippen LogP contribution in [0.3, 0.4) is 0 Å². The normalized spacial score (nSPS) is 11.0. The van der Waals surface area contributed by atoms with E-state index in [9.17, 15) is 9.59 Å². The van der Waals surface area contributed by atoms with Crippen molar-refractivity contribution in [1.29, 1.82) is 0 Å². The highest BCUT2D eigenvalue weighted by atomic mass is 16.5. The smallest absolute Gasteiger partial charge is 0.306 e. The van der Waals surface area contributed by atoms with E-state index in [2.05, 4.69) is 0 Å². The molecule has 0 aromatic carbocycles. The largest absolute Gasteiger partial charge is 0.463 e. The molecule has 0 aliphatic carbocycles. The van der Waals surface area contributed by atoms with E-state index in [1.807, 2.05) is 27.7 Å². The first-order chi connectivity index (χ1) is 9.91. The minimum atomic E-state index is -0.145. The van der Waals surface area contributed by atoms with Crippen molar-refractivity contribution in [3.63, 3.8) is 0 Å². The van der Waals surface area contributed by atoms with E-state index in [1.165, 1.54) is 0 Å². The molecule has 0 saturated heterocycles. The highest BCUT2D eigenvalue weighted by Gasteiger charge is 2.05. The van der Waals surface area contributed by atoms with Crippen LogP contribution in [-0.4, -0.2) is 37.4 Å². The maximum Gasteiger partial charge on any atom is 0.306 e. The van der Waals surface area contributed by atoms with Crippen LogP contribution >= 0.6 is 0 Å². The van der Waals surface area contributed by atoms with Crippen molar-refractivity contribution in [2.45, 2.75) is 78.4 Å². The van der Waals surface area contributed by atoms with Crippen LogP contribution in [0.2, 0.25) is 0 Å². The Balaban J connectivity index is 3.26. The highest BCUT2D eigenvalue weighted by Crippen LogP contribution is 2.03. The average Bonchev–Trinajstić information content (AvgIpc) is 2.34. The van der Waals surface area contributed by atoms with Crippen LogP contribution in [0.25, 0.3) is 0 Å². The van der Waals surface area contributed by atoms with Crippen molar-refractivity contribution in [2.24, 2.45) is 0 Å². The topological polar surface area (TPSA) is 61.8 Å². The number of hydrogen-bond donors (Lipinski definition) is 0. The number of esters is 2. The van der Waals surface area contributed by atoms with Gasteiger partial charge in [0, 0.05) is 26.1 Å². The van der Waals surface area contributed by atoms with Crippen LogP contribution in [-0.2, 0) is 23.8 Å². The van der Waals surface area contributed by atoms with E-state index in [4.69, 9.17) is 14.2 Å². The van der Waals surface area contributed by atoms with Crippen molar-refractivity contribution in [2.75, 3.05) is 13.2 Å². The molecule has 0 spiro atoms. The lowest BCUT2D eigenvalue weighted by Gasteiger charge is -2.08. The van der Waals surface area contributed by atoms with Crippen molar-refractivity contribution in [3.8, 4) is 0 Å². The molecule has 0 radical (unpaired) electrons. The molecule has 0 amide bonds. The fourth-order valence-electron chi connectivity index (χ4n) is 1.69. The monoisotopic (exact) mass is 302 g/mol. The Morgan fingerprint density at radius 3 is 1.43 bits per heavy atom. The summed E-state index contributed by atoms with van der Waals surface area (Å²) in [6.07, 6.45) is 4.07. The van der Waals surface area contributed by atoms with E-state index in [0.29, 0.717) is 26.1 Å². The SMILES string of the molecule is CC(C)OC(=O)CCCCOCCCCC(=O)OC(C)C. The molecule has 0 fully saturated rings. The summed E-state index contributed by atoms with van der Waals surface area (Å²) in [5.74, 6) is -0.290. The predicted molar refractivity (Wildman–Crippen MR) is 81.0 cm³/mol. The maximum absolute atomic E-state index is 11.3. The zero-order chi connectivity index (χ0) is 16.1. The molecular weight excluding hydrogens is 272 g/mol. The van der Waals surface area contributed by atoms with Crippen molar-refractivity contribution < 1.29 is 23.8 Å². The van der Waals surface area contributed by atoms with Crippen LogP contribution < -0.4 is 0 Å². The molecule has 0 aromatic heterocycles. The Hall–Kier alpha value is -1.10.